The largest absolute Gasteiger partial charge is 0.289 e. The second-order valence-corrected chi connectivity index (χ2v) is 4.84. The predicted octanol–water partition coefficient (Wildman–Crippen LogP) is 2.62. The van der Waals surface area contributed by atoms with E-state index in [0.29, 0.717) is 5.56 Å². The minimum absolute atomic E-state index is 0.0499. The van der Waals surface area contributed by atoms with Crippen LogP contribution in [-0.4, -0.2) is 26.0 Å². The van der Waals surface area contributed by atoms with Crippen molar-refractivity contribution in [2.45, 2.75) is 0 Å². The molecule has 1 aromatic carbocycles. The van der Waals surface area contributed by atoms with Crippen LogP contribution in [0.2, 0.25) is 0 Å². The van der Waals surface area contributed by atoms with Gasteiger partial charge >= 0.3 is 0 Å². The fourth-order valence-corrected chi connectivity index (χ4v) is 2.35. The molecule has 0 aliphatic carbocycles. The maximum atomic E-state index is 12.1. The summed E-state index contributed by atoms with van der Waals surface area (Å²) in [6, 6.07) is 9.15. The Bertz CT molecular complexity index is 732. The van der Waals surface area contributed by atoms with E-state index in [0.717, 1.165) is 11.3 Å². The van der Waals surface area contributed by atoms with Crippen molar-refractivity contribution in [3.05, 3.63) is 64.6 Å². The number of rotatable bonds is 4. The Hall–Kier alpha value is -2.60. The average molecular weight is 282 g/mol. The number of tetrazole rings is 1. The van der Waals surface area contributed by atoms with E-state index in [1.165, 1.54) is 11.0 Å². The van der Waals surface area contributed by atoms with E-state index in [2.05, 4.69) is 15.5 Å². The van der Waals surface area contributed by atoms with Crippen LogP contribution >= 0.6 is 11.3 Å². The molecule has 0 N–H and O–H groups in total. The molecule has 98 valence electrons. The lowest BCUT2D eigenvalue weighted by molar-refractivity contribution is 0.104. The monoisotopic (exact) mass is 282 g/mol. The number of allylic oxidation sites excluding steroid dienone is 1. The number of carbonyl (C=O) groups excluding carboxylic acids is 1. The van der Waals surface area contributed by atoms with Gasteiger partial charge in [0.2, 0.25) is 0 Å². The number of hydrogen-bond acceptors (Lipinski definition) is 5. The van der Waals surface area contributed by atoms with E-state index in [4.69, 9.17) is 0 Å². The van der Waals surface area contributed by atoms with Crippen molar-refractivity contribution in [2.75, 3.05) is 0 Å². The molecule has 0 amide bonds. The molecule has 5 nitrogen and oxygen atoms in total. The Morgan fingerprint density at radius 2 is 2.25 bits per heavy atom. The zero-order valence-corrected chi connectivity index (χ0v) is 11.2. The highest BCUT2D eigenvalue weighted by molar-refractivity contribution is 7.08. The molecule has 0 saturated heterocycles. The van der Waals surface area contributed by atoms with Gasteiger partial charge in [0.05, 0.1) is 5.69 Å². The summed E-state index contributed by atoms with van der Waals surface area (Å²) in [5, 5.41) is 14.9. The quantitative estimate of drug-likeness (QED) is 0.545. The third-order valence-corrected chi connectivity index (χ3v) is 3.42. The second-order valence-electron chi connectivity index (χ2n) is 4.06. The minimum atomic E-state index is -0.0499. The van der Waals surface area contributed by atoms with Crippen LogP contribution in [0.3, 0.4) is 0 Å². The van der Waals surface area contributed by atoms with Gasteiger partial charge in [-0.25, -0.2) is 4.68 Å². The zero-order valence-electron chi connectivity index (χ0n) is 10.4. The van der Waals surface area contributed by atoms with E-state index >= 15 is 0 Å². The molecule has 2 aromatic heterocycles. The maximum Gasteiger partial charge on any atom is 0.185 e. The standard InChI is InChI=1S/C14H10N4OS/c19-14(5-4-11-6-7-20-9-11)12-2-1-3-13(8-12)18-10-15-16-17-18/h1-10H/b5-4+. The molecule has 2 heterocycles. The first-order valence-corrected chi connectivity index (χ1v) is 6.85. The number of ketones is 1. The minimum Gasteiger partial charge on any atom is -0.289 e. The first kappa shape index (κ1) is 12.4. The first-order chi connectivity index (χ1) is 9.83. The highest BCUT2D eigenvalue weighted by Crippen LogP contribution is 2.12. The molecule has 0 spiro atoms. The van der Waals surface area contributed by atoms with Crippen molar-refractivity contribution in [1.29, 1.82) is 0 Å². The highest BCUT2D eigenvalue weighted by Gasteiger charge is 2.04. The number of nitrogens with zero attached hydrogens (tertiary/aromatic N) is 4. The molecule has 0 bridgehead atoms. The molecule has 0 atom stereocenters. The van der Waals surface area contributed by atoms with Gasteiger partial charge in [-0.2, -0.15) is 11.3 Å². The number of carbonyl (C=O) groups is 1. The summed E-state index contributed by atoms with van der Waals surface area (Å²) in [6.07, 6.45) is 4.87. The summed E-state index contributed by atoms with van der Waals surface area (Å²) < 4.78 is 1.51. The third-order valence-electron chi connectivity index (χ3n) is 2.71. The maximum absolute atomic E-state index is 12.1. The fraction of sp³-hybridized carbons (Fsp3) is 0. The molecular weight excluding hydrogens is 272 g/mol. The fourth-order valence-electron chi connectivity index (χ4n) is 1.72. The van der Waals surface area contributed by atoms with Crippen LogP contribution in [0, 0.1) is 0 Å². The van der Waals surface area contributed by atoms with Crippen molar-refractivity contribution in [2.24, 2.45) is 0 Å². The van der Waals surface area contributed by atoms with Crippen molar-refractivity contribution in [3.8, 4) is 5.69 Å². The van der Waals surface area contributed by atoms with Crippen molar-refractivity contribution in [1.82, 2.24) is 20.2 Å². The lowest BCUT2D eigenvalue weighted by Crippen LogP contribution is -1.99. The highest BCUT2D eigenvalue weighted by atomic mass is 32.1. The molecule has 0 fully saturated rings. The molecule has 0 aliphatic rings. The number of thiophene rings is 1. The van der Waals surface area contributed by atoms with E-state index < -0.39 is 0 Å². The molecule has 20 heavy (non-hydrogen) atoms. The molecule has 3 aromatic rings. The van der Waals surface area contributed by atoms with Gasteiger partial charge in [0.1, 0.15) is 6.33 Å². The number of benzene rings is 1. The molecule has 0 saturated carbocycles. The lowest BCUT2D eigenvalue weighted by Gasteiger charge is -2.01. The Labute approximate surface area is 119 Å². The van der Waals surface area contributed by atoms with E-state index in [1.54, 1.807) is 29.5 Å². The third kappa shape index (κ3) is 2.70. The Balaban J connectivity index is 1.83. The summed E-state index contributed by atoms with van der Waals surface area (Å²) in [5.41, 5.74) is 2.38. The summed E-state index contributed by atoms with van der Waals surface area (Å²) in [6.45, 7) is 0. The van der Waals surface area contributed by atoms with Gasteiger partial charge in [-0.1, -0.05) is 18.2 Å². The van der Waals surface area contributed by atoms with E-state index in [1.807, 2.05) is 35.0 Å². The summed E-state index contributed by atoms with van der Waals surface area (Å²) in [4.78, 5) is 12.1. The van der Waals surface area contributed by atoms with Crippen LogP contribution in [0.5, 0.6) is 0 Å². The van der Waals surface area contributed by atoms with Crippen molar-refractivity contribution >= 4 is 23.2 Å². The molecular formula is C14H10N4OS. The summed E-state index contributed by atoms with van der Waals surface area (Å²) in [7, 11) is 0. The smallest absolute Gasteiger partial charge is 0.185 e. The Morgan fingerprint density at radius 3 is 3.00 bits per heavy atom. The van der Waals surface area contributed by atoms with Gasteiger partial charge in [0.15, 0.2) is 5.78 Å². The Kier molecular flexibility index (Phi) is 3.47. The second kappa shape index (κ2) is 5.58. The van der Waals surface area contributed by atoms with Crippen LogP contribution in [0.1, 0.15) is 15.9 Å². The van der Waals surface area contributed by atoms with Crippen LogP contribution in [0.15, 0.2) is 53.5 Å². The molecule has 0 radical (unpaired) electrons. The lowest BCUT2D eigenvalue weighted by atomic mass is 10.1. The molecule has 3 rings (SSSR count). The van der Waals surface area contributed by atoms with Gasteiger partial charge in [-0.15, -0.1) is 5.10 Å². The van der Waals surface area contributed by atoms with Crippen LogP contribution in [0.4, 0.5) is 0 Å². The predicted molar refractivity (Wildman–Crippen MR) is 76.8 cm³/mol. The number of aromatic nitrogens is 4. The topological polar surface area (TPSA) is 60.7 Å². The molecule has 6 heteroatoms. The molecule has 0 unspecified atom stereocenters. The van der Waals surface area contributed by atoms with Gasteiger partial charge in [-0.3, -0.25) is 4.79 Å². The SMILES string of the molecule is O=C(/C=C/c1ccsc1)c1cccc(-n2cnnn2)c1. The summed E-state index contributed by atoms with van der Waals surface area (Å²) >= 11 is 1.60. The normalized spacial score (nSPS) is 11.0. The van der Waals surface area contributed by atoms with Gasteiger partial charge < -0.3 is 0 Å². The van der Waals surface area contributed by atoms with Gasteiger partial charge in [-0.05, 0) is 51.0 Å². The van der Waals surface area contributed by atoms with Crippen LogP contribution < -0.4 is 0 Å². The summed E-state index contributed by atoms with van der Waals surface area (Å²) in [5.74, 6) is -0.0499. The van der Waals surface area contributed by atoms with Crippen molar-refractivity contribution < 1.29 is 4.79 Å². The average Bonchev–Trinajstić information content (AvgIpc) is 3.18. The van der Waals surface area contributed by atoms with Crippen LogP contribution in [0.25, 0.3) is 11.8 Å². The van der Waals surface area contributed by atoms with Gasteiger partial charge in [0, 0.05) is 5.56 Å². The Morgan fingerprint density at radius 1 is 1.30 bits per heavy atom. The van der Waals surface area contributed by atoms with Crippen molar-refractivity contribution in [3.63, 3.8) is 0 Å². The van der Waals surface area contributed by atoms with E-state index in [9.17, 15) is 4.79 Å². The first-order valence-electron chi connectivity index (χ1n) is 5.91. The molecule has 0 aliphatic heterocycles. The number of hydrogen-bond donors (Lipinski definition) is 0. The van der Waals surface area contributed by atoms with Gasteiger partial charge in [0.25, 0.3) is 0 Å². The van der Waals surface area contributed by atoms with E-state index in [-0.39, 0.29) is 5.78 Å². The van der Waals surface area contributed by atoms with Crippen LogP contribution in [-0.2, 0) is 0 Å². The zero-order chi connectivity index (χ0) is 13.8.